The summed E-state index contributed by atoms with van der Waals surface area (Å²) >= 11 is 0. The molecule has 0 radical (unpaired) electrons. The monoisotopic (exact) mass is 372 g/mol. The molecule has 0 spiro atoms. The van der Waals surface area contributed by atoms with E-state index in [1.165, 1.54) is 5.01 Å². The van der Waals surface area contributed by atoms with Crippen molar-refractivity contribution in [2.45, 2.75) is 31.7 Å². The molecule has 0 unspecified atom stereocenters. The number of piperidine rings is 1. The molecule has 4 rings (SSSR count). The highest BCUT2D eigenvalue weighted by Gasteiger charge is 2.29. The zero-order valence-electron chi connectivity index (χ0n) is 15.4. The lowest BCUT2D eigenvalue weighted by Crippen LogP contribution is -2.48. The molecule has 2 amide bonds. The Morgan fingerprint density at radius 2 is 2.04 bits per heavy atom. The number of hydrazone groups is 1. The van der Waals surface area contributed by atoms with Gasteiger partial charge in [-0.2, -0.15) is 5.10 Å². The number of hydrogen-bond acceptors (Lipinski definition) is 6. The van der Waals surface area contributed by atoms with Crippen LogP contribution in [0.5, 0.6) is 11.5 Å². The van der Waals surface area contributed by atoms with Crippen molar-refractivity contribution in [1.29, 1.82) is 0 Å². The van der Waals surface area contributed by atoms with Crippen molar-refractivity contribution in [3.63, 3.8) is 0 Å². The third kappa shape index (κ3) is 3.84. The Morgan fingerprint density at radius 1 is 1.22 bits per heavy atom. The molecule has 1 aromatic carbocycles. The fourth-order valence-corrected chi connectivity index (χ4v) is 3.65. The fraction of sp³-hybridized carbons (Fsp3) is 0.526. The van der Waals surface area contributed by atoms with Crippen LogP contribution in [0, 0.1) is 0 Å². The summed E-state index contributed by atoms with van der Waals surface area (Å²) in [4.78, 5) is 26.2. The van der Waals surface area contributed by atoms with Gasteiger partial charge in [-0.3, -0.25) is 9.59 Å². The summed E-state index contributed by atoms with van der Waals surface area (Å²) < 4.78 is 11.2. The number of anilines is 1. The molecular weight excluding hydrogens is 348 g/mol. The van der Waals surface area contributed by atoms with Crippen LogP contribution in [0.15, 0.2) is 23.3 Å². The number of nitrogens with one attached hydrogen (secondary N) is 1. The summed E-state index contributed by atoms with van der Waals surface area (Å²) in [6.07, 6.45) is 2.67. The SMILES string of the molecule is CN1N=C(C(=O)N2CCC[C@@H](Nc3ccc4c(c3)OCCO4)C2)CCC1=O. The minimum Gasteiger partial charge on any atom is -0.486 e. The van der Waals surface area contributed by atoms with Crippen molar-refractivity contribution in [2.75, 3.05) is 38.7 Å². The molecule has 0 saturated carbocycles. The van der Waals surface area contributed by atoms with E-state index in [2.05, 4.69) is 10.4 Å². The second kappa shape index (κ2) is 7.46. The summed E-state index contributed by atoms with van der Waals surface area (Å²) in [6, 6.07) is 5.99. The normalized spacial score (nSPS) is 22.3. The highest BCUT2D eigenvalue weighted by Crippen LogP contribution is 2.33. The first-order valence-corrected chi connectivity index (χ1v) is 9.39. The molecule has 27 heavy (non-hydrogen) atoms. The van der Waals surface area contributed by atoms with Gasteiger partial charge in [0.2, 0.25) is 5.91 Å². The Labute approximate surface area is 158 Å². The smallest absolute Gasteiger partial charge is 0.270 e. The van der Waals surface area contributed by atoms with Crippen LogP contribution in [0.2, 0.25) is 0 Å². The highest BCUT2D eigenvalue weighted by molar-refractivity contribution is 6.39. The molecule has 0 aromatic heterocycles. The van der Waals surface area contributed by atoms with Crippen molar-refractivity contribution in [3.8, 4) is 11.5 Å². The molecule has 3 aliphatic rings. The number of amides is 2. The quantitative estimate of drug-likeness (QED) is 0.869. The minimum atomic E-state index is -0.0666. The highest BCUT2D eigenvalue weighted by atomic mass is 16.6. The standard InChI is InChI=1S/C19H24N4O4/c1-22-18(24)7-5-15(21-22)19(25)23-8-2-3-14(12-23)20-13-4-6-16-17(11-13)27-10-9-26-16/h4,6,11,14,20H,2-3,5,7-10,12H2,1H3/t14-/m1/s1. The molecule has 8 heteroatoms. The largest absolute Gasteiger partial charge is 0.486 e. The van der Waals surface area contributed by atoms with Gasteiger partial charge in [-0.1, -0.05) is 0 Å². The van der Waals surface area contributed by atoms with Gasteiger partial charge in [-0.25, -0.2) is 5.01 Å². The number of fused-ring (bicyclic) bond motifs is 1. The molecular formula is C19H24N4O4. The topological polar surface area (TPSA) is 83.5 Å². The predicted octanol–water partition coefficient (Wildman–Crippen LogP) is 1.47. The van der Waals surface area contributed by atoms with Gasteiger partial charge < -0.3 is 19.7 Å². The minimum absolute atomic E-state index is 0.0525. The van der Waals surface area contributed by atoms with E-state index in [4.69, 9.17) is 9.47 Å². The first-order chi connectivity index (χ1) is 13.1. The number of benzene rings is 1. The van der Waals surface area contributed by atoms with Crippen molar-refractivity contribution >= 4 is 23.2 Å². The Morgan fingerprint density at radius 3 is 2.85 bits per heavy atom. The van der Waals surface area contributed by atoms with E-state index in [-0.39, 0.29) is 17.9 Å². The number of hydrogen-bond donors (Lipinski definition) is 1. The maximum absolute atomic E-state index is 12.8. The summed E-state index contributed by atoms with van der Waals surface area (Å²) in [7, 11) is 1.59. The molecule has 0 bridgehead atoms. The number of nitrogens with zero attached hydrogens (tertiary/aromatic N) is 3. The molecule has 1 N–H and O–H groups in total. The lowest BCUT2D eigenvalue weighted by Gasteiger charge is -2.34. The number of ether oxygens (including phenoxy) is 2. The summed E-state index contributed by atoms with van der Waals surface area (Å²) in [5, 5.41) is 8.92. The first kappa shape index (κ1) is 17.6. The molecule has 1 saturated heterocycles. The molecule has 8 nitrogen and oxygen atoms in total. The molecule has 3 heterocycles. The zero-order valence-corrected chi connectivity index (χ0v) is 15.4. The van der Waals surface area contributed by atoms with Crippen LogP contribution in [-0.2, 0) is 9.59 Å². The van der Waals surface area contributed by atoms with E-state index in [9.17, 15) is 9.59 Å². The summed E-state index contributed by atoms with van der Waals surface area (Å²) in [5.41, 5.74) is 1.43. The van der Waals surface area contributed by atoms with Crippen LogP contribution in [0.25, 0.3) is 0 Å². The van der Waals surface area contributed by atoms with Gasteiger partial charge in [-0.15, -0.1) is 0 Å². The van der Waals surface area contributed by atoms with Gasteiger partial charge in [0.15, 0.2) is 11.5 Å². The average molecular weight is 372 g/mol. The fourth-order valence-electron chi connectivity index (χ4n) is 3.65. The molecule has 3 aliphatic heterocycles. The van der Waals surface area contributed by atoms with Crippen LogP contribution >= 0.6 is 0 Å². The van der Waals surface area contributed by atoms with E-state index in [0.717, 1.165) is 36.6 Å². The molecule has 144 valence electrons. The second-order valence-electron chi connectivity index (χ2n) is 7.06. The van der Waals surface area contributed by atoms with Crippen LogP contribution in [0.4, 0.5) is 5.69 Å². The molecule has 1 atom stereocenters. The van der Waals surface area contributed by atoms with Gasteiger partial charge in [0, 0.05) is 50.8 Å². The van der Waals surface area contributed by atoms with Crippen LogP contribution in [0.3, 0.4) is 0 Å². The summed E-state index contributed by atoms with van der Waals surface area (Å²) in [5.74, 6) is 1.40. The Bertz CT molecular complexity index is 779. The van der Waals surface area contributed by atoms with Crippen molar-refractivity contribution in [1.82, 2.24) is 9.91 Å². The Balaban J connectivity index is 1.40. The van der Waals surface area contributed by atoms with Crippen LogP contribution in [0.1, 0.15) is 25.7 Å². The third-order valence-corrected chi connectivity index (χ3v) is 5.08. The number of rotatable bonds is 3. The number of carbonyl (C=O) groups is 2. The van der Waals surface area contributed by atoms with Crippen molar-refractivity contribution < 1.29 is 19.1 Å². The van der Waals surface area contributed by atoms with Gasteiger partial charge in [0.05, 0.1) is 0 Å². The predicted molar refractivity (Wildman–Crippen MR) is 100 cm³/mol. The third-order valence-electron chi connectivity index (χ3n) is 5.08. The lowest BCUT2D eigenvalue weighted by atomic mass is 10.0. The van der Waals surface area contributed by atoms with Gasteiger partial charge in [-0.05, 0) is 25.0 Å². The Kier molecular flexibility index (Phi) is 4.87. The molecule has 0 aliphatic carbocycles. The maximum atomic E-state index is 12.8. The maximum Gasteiger partial charge on any atom is 0.270 e. The lowest BCUT2D eigenvalue weighted by molar-refractivity contribution is -0.130. The zero-order chi connectivity index (χ0) is 18.8. The average Bonchev–Trinajstić information content (AvgIpc) is 2.69. The summed E-state index contributed by atoms with van der Waals surface area (Å²) in [6.45, 7) is 2.46. The van der Waals surface area contributed by atoms with Gasteiger partial charge >= 0.3 is 0 Å². The van der Waals surface area contributed by atoms with Crippen molar-refractivity contribution in [3.05, 3.63) is 18.2 Å². The van der Waals surface area contributed by atoms with E-state index in [1.807, 2.05) is 23.1 Å². The van der Waals surface area contributed by atoms with Crippen molar-refractivity contribution in [2.24, 2.45) is 5.10 Å². The van der Waals surface area contributed by atoms with E-state index in [1.54, 1.807) is 7.05 Å². The van der Waals surface area contributed by atoms with Gasteiger partial charge in [0.1, 0.15) is 18.9 Å². The first-order valence-electron chi connectivity index (χ1n) is 9.39. The van der Waals surface area contributed by atoms with Crippen LogP contribution in [-0.4, -0.2) is 66.8 Å². The van der Waals surface area contributed by atoms with E-state index >= 15 is 0 Å². The number of carbonyl (C=O) groups excluding carboxylic acids is 2. The van der Waals surface area contributed by atoms with Gasteiger partial charge in [0.25, 0.3) is 5.91 Å². The number of likely N-dealkylation sites (tertiary alicyclic amines) is 1. The van der Waals surface area contributed by atoms with E-state index < -0.39 is 0 Å². The Hall–Kier alpha value is -2.77. The van der Waals surface area contributed by atoms with Crippen LogP contribution < -0.4 is 14.8 Å². The van der Waals surface area contributed by atoms with E-state index in [0.29, 0.717) is 38.3 Å². The molecule has 1 fully saturated rings. The second-order valence-corrected chi connectivity index (χ2v) is 7.06. The molecule has 1 aromatic rings.